The van der Waals surface area contributed by atoms with Crippen molar-refractivity contribution in [3.8, 4) is 11.3 Å². The van der Waals surface area contributed by atoms with Crippen LogP contribution in [-0.2, 0) is 9.47 Å². The standard InChI is InChI=1S/C19H18Cl2N4O3/c1-10-6-7-12-11(9-22-25(12)13-5-3-4-8-28-13)14(10)16-15(20)17(18(26)27-2)24-19(21)23-16/h6-7,9,13H,3-5,8H2,1-2H3. The Morgan fingerprint density at radius 1 is 1.29 bits per heavy atom. The summed E-state index contributed by atoms with van der Waals surface area (Å²) >= 11 is 12.6. The number of carbonyl (C=O) groups is 1. The summed E-state index contributed by atoms with van der Waals surface area (Å²) < 4.78 is 12.5. The Bertz CT molecular complexity index is 1060. The molecule has 1 aromatic carbocycles. The van der Waals surface area contributed by atoms with E-state index >= 15 is 0 Å². The minimum atomic E-state index is -0.674. The molecule has 1 saturated heterocycles. The summed E-state index contributed by atoms with van der Waals surface area (Å²) in [4.78, 5) is 20.3. The number of ether oxygens (including phenoxy) is 2. The van der Waals surface area contributed by atoms with Crippen LogP contribution in [-0.4, -0.2) is 39.4 Å². The normalized spacial score (nSPS) is 17.1. The van der Waals surface area contributed by atoms with Crippen LogP contribution in [0.15, 0.2) is 18.3 Å². The lowest BCUT2D eigenvalue weighted by atomic mass is 10.0. The van der Waals surface area contributed by atoms with Crippen LogP contribution in [0.3, 0.4) is 0 Å². The molecule has 0 bridgehead atoms. The van der Waals surface area contributed by atoms with Crippen LogP contribution in [0.2, 0.25) is 10.3 Å². The van der Waals surface area contributed by atoms with Gasteiger partial charge in [-0.1, -0.05) is 17.7 Å². The SMILES string of the molecule is COC(=O)c1nc(Cl)nc(-c2c(C)ccc3c2cnn3C2CCCCO2)c1Cl. The van der Waals surface area contributed by atoms with Gasteiger partial charge in [0.15, 0.2) is 11.9 Å². The van der Waals surface area contributed by atoms with E-state index in [1.807, 2.05) is 23.7 Å². The number of esters is 1. The van der Waals surface area contributed by atoms with Crippen LogP contribution in [0.1, 0.15) is 41.5 Å². The Kier molecular flexibility index (Phi) is 5.23. The van der Waals surface area contributed by atoms with Crippen molar-refractivity contribution in [2.75, 3.05) is 13.7 Å². The van der Waals surface area contributed by atoms with E-state index in [1.54, 1.807) is 6.20 Å². The second kappa shape index (κ2) is 7.66. The lowest BCUT2D eigenvalue weighted by molar-refractivity contribution is -0.0366. The third-order valence-electron chi connectivity index (χ3n) is 4.86. The minimum Gasteiger partial charge on any atom is -0.464 e. The maximum atomic E-state index is 12.0. The van der Waals surface area contributed by atoms with Crippen molar-refractivity contribution in [3.05, 3.63) is 39.9 Å². The first-order valence-electron chi connectivity index (χ1n) is 8.91. The number of aromatic nitrogens is 4. The molecule has 0 spiro atoms. The van der Waals surface area contributed by atoms with Crippen molar-refractivity contribution in [2.24, 2.45) is 0 Å². The van der Waals surface area contributed by atoms with E-state index in [0.717, 1.165) is 47.9 Å². The molecule has 28 heavy (non-hydrogen) atoms. The molecule has 1 unspecified atom stereocenters. The van der Waals surface area contributed by atoms with E-state index in [9.17, 15) is 4.79 Å². The van der Waals surface area contributed by atoms with Gasteiger partial charge in [0, 0.05) is 17.6 Å². The number of halogens is 2. The third-order valence-corrected chi connectivity index (χ3v) is 5.38. The first-order chi connectivity index (χ1) is 13.5. The van der Waals surface area contributed by atoms with Crippen molar-refractivity contribution < 1.29 is 14.3 Å². The van der Waals surface area contributed by atoms with E-state index in [2.05, 4.69) is 15.1 Å². The summed E-state index contributed by atoms with van der Waals surface area (Å²) in [5.41, 5.74) is 2.87. The maximum Gasteiger partial charge on any atom is 0.358 e. The van der Waals surface area contributed by atoms with Crippen molar-refractivity contribution in [3.63, 3.8) is 0 Å². The molecule has 3 aromatic rings. The van der Waals surface area contributed by atoms with Crippen molar-refractivity contribution in [1.82, 2.24) is 19.7 Å². The predicted molar refractivity (Wildman–Crippen MR) is 106 cm³/mol. The van der Waals surface area contributed by atoms with Gasteiger partial charge in [0.05, 0.1) is 24.5 Å². The summed E-state index contributed by atoms with van der Waals surface area (Å²) in [6.45, 7) is 2.66. The largest absolute Gasteiger partial charge is 0.464 e. The van der Waals surface area contributed by atoms with Gasteiger partial charge in [-0.25, -0.2) is 19.4 Å². The zero-order valence-corrected chi connectivity index (χ0v) is 16.9. The van der Waals surface area contributed by atoms with Gasteiger partial charge in [0.1, 0.15) is 5.02 Å². The van der Waals surface area contributed by atoms with Gasteiger partial charge < -0.3 is 9.47 Å². The summed E-state index contributed by atoms with van der Waals surface area (Å²) in [5, 5.41) is 5.41. The lowest BCUT2D eigenvalue weighted by Crippen LogP contribution is -2.18. The average Bonchev–Trinajstić information content (AvgIpc) is 3.13. The molecular formula is C19H18Cl2N4O3. The Hall–Kier alpha value is -2.22. The molecule has 1 fully saturated rings. The monoisotopic (exact) mass is 420 g/mol. The lowest BCUT2D eigenvalue weighted by Gasteiger charge is -2.23. The molecular weight excluding hydrogens is 403 g/mol. The number of nitrogens with zero attached hydrogens (tertiary/aromatic N) is 4. The Morgan fingerprint density at radius 3 is 2.82 bits per heavy atom. The number of rotatable bonds is 3. The van der Waals surface area contributed by atoms with Crippen LogP contribution in [0.4, 0.5) is 0 Å². The molecule has 3 heterocycles. The molecule has 0 N–H and O–H groups in total. The molecule has 1 aliphatic heterocycles. The number of fused-ring (bicyclic) bond motifs is 1. The van der Waals surface area contributed by atoms with Crippen LogP contribution in [0, 0.1) is 6.92 Å². The molecule has 7 nitrogen and oxygen atoms in total. The molecule has 4 rings (SSSR count). The van der Waals surface area contributed by atoms with Crippen molar-refractivity contribution in [2.45, 2.75) is 32.4 Å². The van der Waals surface area contributed by atoms with E-state index < -0.39 is 5.97 Å². The molecule has 0 amide bonds. The number of hydrogen-bond acceptors (Lipinski definition) is 6. The zero-order chi connectivity index (χ0) is 19.8. The van der Waals surface area contributed by atoms with E-state index in [1.165, 1.54) is 7.11 Å². The topological polar surface area (TPSA) is 79.1 Å². The Morgan fingerprint density at radius 2 is 2.11 bits per heavy atom. The second-order valence-corrected chi connectivity index (χ2v) is 7.31. The van der Waals surface area contributed by atoms with Gasteiger partial charge in [0.2, 0.25) is 5.28 Å². The van der Waals surface area contributed by atoms with Gasteiger partial charge in [-0.05, 0) is 49.4 Å². The van der Waals surface area contributed by atoms with Gasteiger partial charge >= 0.3 is 5.97 Å². The number of benzene rings is 1. The highest BCUT2D eigenvalue weighted by Gasteiger charge is 2.25. The average molecular weight is 421 g/mol. The van der Waals surface area contributed by atoms with Crippen LogP contribution >= 0.6 is 23.2 Å². The highest BCUT2D eigenvalue weighted by Crippen LogP contribution is 2.38. The minimum absolute atomic E-state index is 0.0708. The van der Waals surface area contributed by atoms with Crippen LogP contribution in [0.25, 0.3) is 22.2 Å². The predicted octanol–water partition coefficient (Wildman–Crippen LogP) is 4.59. The van der Waals surface area contributed by atoms with Crippen molar-refractivity contribution >= 4 is 40.1 Å². The summed E-state index contributed by atoms with van der Waals surface area (Å²) in [6.07, 6.45) is 4.73. The highest BCUT2D eigenvalue weighted by atomic mass is 35.5. The maximum absolute atomic E-state index is 12.0. The van der Waals surface area contributed by atoms with Crippen molar-refractivity contribution in [1.29, 1.82) is 0 Å². The zero-order valence-electron chi connectivity index (χ0n) is 15.4. The molecule has 1 atom stereocenters. The van der Waals surface area contributed by atoms with E-state index in [0.29, 0.717) is 5.69 Å². The Balaban J connectivity index is 1.92. The van der Waals surface area contributed by atoms with Gasteiger partial charge in [-0.15, -0.1) is 0 Å². The fraction of sp³-hybridized carbons (Fsp3) is 0.368. The molecule has 0 aliphatic carbocycles. The van der Waals surface area contributed by atoms with Gasteiger partial charge in [-0.2, -0.15) is 5.10 Å². The molecule has 1 aliphatic rings. The third kappa shape index (κ3) is 3.23. The second-order valence-electron chi connectivity index (χ2n) is 6.60. The first kappa shape index (κ1) is 19.1. The Labute approximate surface area is 171 Å². The van der Waals surface area contributed by atoms with Crippen LogP contribution in [0.5, 0.6) is 0 Å². The fourth-order valence-electron chi connectivity index (χ4n) is 3.51. The quantitative estimate of drug-likeness (QED) is 0.455. The summed E-state index contributed by atoms with van der Waals surface area (Å²) in [7, 11) is 1.26. The van der Waals surface area contributed by atoms with E-state index in [-0.39, 0.29) is 22.2 Å². The molecule has 9 heteroatoms. The van der Waals surface area contributed by atoms with Gasteiger partial charge in [-0.3, -0.25) is 0 Å². The smallest absolute Gasteiger partial charge is 0.358 e. The fourth-order valence-corrected chi connectivity index (χ4v) is 3.93. The first-order valence-corrected chi connectivity index (χ1v) is 9.67. The number of carbonyl (C=O) groups excluding carboxylic acids is 1. The van der Waals surface area contributed by atoms with Gasteiger partial charge in [0.25, 0.3) is 0 Å². The molecule has 0 saturated carbocycles. The number of aryl methyl sites for hydroxylation is 1. The molecule has 2 aromatic heterocycles. The van der Waals surface area contributed by atoms with Crippen LogP contribution < -0.4 is 0 Å². The summed E-state index contributed by atoms with van der Waals surface area (Å²) in [6, 6.07) is 3.96. The molecule has 0 radical (unpaired) electrons. The summed E-state index contributed by atoms with van der Waals surface area (Å²) in [5.74, 6) is -0.674. The number of hydrogen-bond donors (Lipinski definition) is 0. The highest BCUT2D eigenvalue weighted by molar-refractivity contribution is 6.36. The molecule has 146 valence electrons. The van der Waals surface area contributed by atoms with E-state index in [4.69, 9.17) is 32.7 Å². The number of methoxy groups -OCH3 is 1.